The fraction of sp³-hybridized carbons (Fsp3) is 0.615. The molecule has 5 heteroatoms. The van der Waals surface area contributed by atoms with Gasteiger partial charge in [-0.15, -0.1) is 0 Å². The van der Waals surface area contributed by atoms with Crippen molar-refractivity contribution in [3.63, 3.8) is 0 Å². The molecule has 1 heterocycles. The first-order chi connectivity index (χ1) is 8.77. The molecular formula is C13H22N2O3. The molecule has 18 heavy (non-hydrogen) atoms. The van der Waals surface area contributed by atoms with E-state index in [-0.39, 0.29) is 0 Å². The zero-order valence-corrected chi connectivity index (χ0v) is 11.1. The Kier molecular flexibility index (Phi) is 7.32. The van der Waals surface area contributed by atoms with Crippen LogP contribution in [-0.4, -0.2) is 43.5 Å². The fourth-order valence-corrected chi connectivity index (χ4v) is 1.45. The molecule has 0 fully saturated rings. The van der Waals surface area contributed by atoms with Crippen molar-refractivity contribution < 1.29 is 14.6 Å². The lowest BCUT2D eigenvalue weighted by atomic mass is 10.1. The molecule has 1 rings (SSSR count). The molecule has 0 aromatic carbocycles. The van der Waals surface area contributed by atoms with E-state index < -0.39 is 6.10 Å². The van der Waals surface area contributed by atoms with E-state index in [0.717, 1.165) is 12.0 Å². The predicted molar refractivity (Wildman–Crippen MR) is 69.7 cm³/mol. The molecule has 1 aromatic heterocycles. The first-order valence-electron chi connectivity index (χ1n) is 6.23. The van der Waals surface area contributed by atoms with Gasteiger partial charge >= 0.3 is 0 Å². The number of aliphatic hydroxyl groups excluding tert-OH is 1. The van der Waals surface area contributed by atoms with Crippen LogP contribution in [-0.2, 0) is 4.74 Å². The molecule has 1 unspecified atom stereocenters. The van der Waals surface area contributed by atoms with Crippen LogP contribution in [0.15, 0.2) is 18.5 Å². The molecule has 0 aliphatic heterocycles. The molecular weight excluding hydrogens is 232 g/mol. The summed E-state index contributed by atoms with van der Waals surface area (Å²) in [6.07, 6.45) is 3.68. The molecule has 1 aromatic rings. The average molecular weight is 254 g/mol. The standard InChI is InChI=1S/C13H22N2O3/c1-3-5-18-12-7-11(8-15-9-12)13(16)10-14-4-6-17-2/h7-9,13-14,16H,3-6,10H2,1-2H3. The van der Waals surface area contributed by atoms with Crippen molar-refractivity contribution in [1.29, 1.82) is 0 Å². The van der Waals surface area contributed by atoms with Gasteiger partial charge in [0.25, 0.3) is 0 Å². The third kappa shape index (κ3) is 5.44. The number of nitrogens with zero attached hydrogens (tertiary/aromatic N) is 1. The van der Waals surface area contributed by atoms with E-state index in [2.05, 4.69) is 10.3 Å². The van der Waals surface area contributed by atoms with Gasteiger partial charge in [0.05, 0.1) is 25.5 Å². The summed E-state index contributed by atoms with van der Waals surface area (Å²) in [5, 5.41) is 13.1. The summed E-state index contributed by atoms with van der Waals surface area (Å²) >= 11 is 0. The molecule has 1 atom stereocenters. The zero-order valence-electron chi connectivity index (χ0n) is 11.1. The van der Waals surface area contributed by atoms with Crippen LogP contribution in [0.25, 0.3) is 0 Å². The van der Waals surface area contributed by atoms with Crippen molar-refractivity contribution in [2.45, 2.75) is 19.4 Å². The lowest BCUT2D eigenvalue weighted by Crippen LogP contribution is -2.25. The summed E-state index contributed by atoms with van der Waals surface area (Å²) in [5.41, 5.74) is 0.758. The Morgan fingerprint density at radius 3 is 2.94 bits per heavy atom. The Morgan fingerprint density at radius 2 is 2.22 bits per heavy atom. The van der Waals surface area contributed by atoms with E-state index in [1.54, 1.807) is 19.5 Å². The van der Waals surface area contributed by atoms with Crippen LogP contribution in [0.4, 0.5) is 0 Å². The second-order valence-electron chi connectivity index (χ2n) is 4.02. The highest BCUT2D eigenvalue weighted by Gasteiger charge is 2.08. The molecule has 0 saturated carbocycles. The summed E-state index contributed by atoms with van der Waals surface area (Å²) in [4.78, 5) is 4.07. The largest absolute Gasteiger partial charge is 0.492 e. The highest BCUT2D eigenvalue weighted by atomic mass is 16.5. The smallest absolute Gasteiger partial charge is 0.137 e. The maximum absolute atomic E-state index is 9.97. The first kappa shape index (κ1) is 14.9. The number of aliphatic hydroxyl groups is 1. The van der Waals surface area contributed by atoms with E-state index >= 15 is 0 Å². The Labute approximate surface area is 108 Å². The molecule has 0 radical (unpaired) electrons. The number of hydrogen-bond donors (Lipinski definition) is 2. The molecule has 102 valence electrons. The highest BCUT2D eigenvalue weighted by molar-refractivity contribution is 5.25. The lowest BCUT2D eigenvalue weighted by molar-refractivity contribution is 0.161. The summed E-state index contributed by atoms with van der Waals surface area (Å²) in [5.74, 6) is 0.699. The number of nitrogens with one attached hydrogen (secondary N) is 1. The minimum atomic E-state index is -0.584. The third-order valence-electron chi connectivity index (χ3n) is 2.41. The molecule has 0 bridgehead atoms. The van der Waals surface area contributed by atoms with Crippen LogP contribution in [0.2, 0.25) is 0 Å². The van der Waals surface area contributed by atoms with Crippen molar-refractivity contribution in [2.24, 2.45) is 0 Å². The van der Waals surface area contributed by atoms with Crippen molar-refractivity contribution in [3.8, 4) is 5.75 Å². The quantitative estimate of drug-likeness (QED) is 0.647. The fourth-order valence-electron chi connectivity index (χ4n) is 1.45. The van der Waals surface area contributed by atoms with Gasteiger partial charge in [0, 0.05) is 32.0 Å². The molecule has 0 aliphatic rings. The van der Waals surface area contributed by atoms with Crippen molar-refractivity contribution >= 4 is 0 Å². The Balaban J connectivity index is 2.43. The molecule has 0 aliphatic carbocycles. The van der Waals surface area contributed by atoms with Gasteiger partial charge in [0.15, 0.2) is 0 Å². The SMILES string of the molecule is CCCOc1cncc(C(O)CNCCOC)c1. The third-order valence-corrected chi connectivity index (χ3v) is 2.41. The maximum atomic E-state index is 9.97. The van der Waals surface area contributed by atoms with E-state index in [9.17, 15) is 5.11 Å². The van der Waals surface area contributed by atoms with Crippen LogP contribution >= 0.6 is 0 Å². The monoisotopic (exact) mass is 254 g/mol. The van der Waals surface area contributed by atoms with Crippen molar-refractivity contribution in [3.05, 3.63) is 24.0 Å². The zero-order chi connectivity index (χ0) is 13.2. The van der Waals surface area contributed by atoms with Crippen LogP contribution in [0.3, 0.4) is 0 Å². The molecule has 0 spiro atoms. The van der Waals surface area contributed by atoms with E-state index in [1.807, 2.05) is 13.0 Å². The summed E-state index contributed by atoms with van der Waals surface area (Å²) in [7, 11) is 1.65. The average Bonchev–Trinajstić information content (AvgIpc) is 2.41. The lowest BCUT2D eigenvalue weighted by Gasteiger charge is -2.13. The minimum Gasteiger partial charge on any atom is -0.492 e. The van der Waals surface area contributed by atoms with Crippen LogP contribution in [0.1, 0.15) is 25.0 Å². The van der Waals surface area contributed by atoms with Crippen LogP contribution < -0.4 is 10.1 Å². The first-order valence-corrected chi connectivity index (χ1v) is 6.23. The van der Waals surface area contributed by atoms with E-state index in [4.69, 9.17) is 9.47 Å². The predicted octanol–water partition coefficient (Wildman–Crippen LogP) is 1.14. The van der Waals surface area contributed by atoms with Crippen LogP contribution in [0, 0.1) is 0 Å². The Hall–Kier alpha value is -1.17. The second kappa shape index (κ2) is 8.85. The van der Waals surface area contributed by atoms with Crippen molar-refractivity contribution in [2.75, 3.05) is 33.4 Å². The number of pyridine rings is 1. The summed E-state index contributed by atoms with van der Waals surface area (Å²) < 4.78 is 10.4. The molecule has 2 N–H and O–H groups in total. The summed E-state index contributed by atoms with van der Waals surface area (Å²) in [6.45, 7) is 4.53. The normalized spacial score (nSPS) is 12.4. The van der Waals surface area contributed by atoms with Gasteiger partial charge in [0.2, 0.25) is 0 Å². The highest BCUT2D eigenvalue weighted by Crippen LogP contribution is 2.17. The van der Waals surface area contributed by atoms with Gasteiger partial charge in [0.1, 0.15) is 5.75 Å². The van der Waals surface area contributed by atoms with Gasteiger partial charge < -0.3 is 19.9 Å². The minimum absolute atomic E-state index is 0.474. The summed E-state index contributed by atoms with van der Waals surface area (Å²) in [6, 6.07) is 1.82. The number of ether oxygens (including phenoxy) is 2. The van der Waals surface area contributed by atoms with E-state index in [0.29, 0.717) is 32.1 Å². The Morgan fingerprint density at radius 1 is 1.39 bits per heavy atom. The number of rotatable bonds is 9. The molecule has 0 amide bonds. The number of hydrogen-bond acceptors (Lipinski definition) is 5. The Bertz CT molecular complexity index is 334. The van der Waals surface area contributed by atoms with E-state index in [1.165, 1.54) is 0 Å². The molecule has 0 saturated heterocycles. The number of aromatic nitrogens is 1. The second-order valence-corrected chi connectivity index (χ2v) is 4.02. The van der Waals surface area contributed by atoms with Gasteiger partial charge in [-0.2, -0.15) is 0 Å². The van der Waals surface area contributed by atoms with Gasteiger partial charge in [-0.3, -0.25) is 4.98 Å². The topological polar surface area (TPSA) is 63.6 Å². The van der Waals surface area contributed by atoms with Gasteiger partial charge in [-0.05, 0) is 12.5 Å². The number of methoxy groups -OCH3 is 1. The molecule has 5 nitrogen and oxygen atoms in total. The maximum Gasteiger partial charge on any atom is 0.137 e. The van der Waals surface area contributed by atoms with Crippen LogP contribution in [0.5, 0.6) is 5.75 Å². The van der Waals surface area contributed by atoms with Gasteiger partial charge in [-0.25, -0.2) is 0 Å². The van der Waals surface area contributed by atoms with Crippen molar-refractivity contribution in [1.82, 2.24) is 10.3 Å². The van der Waals surface area contributed by atoms with Gasteiger partial charge in [-0.1, -0.05) is 6.92 Å².